The van der Waals surface area contributed by atoms with E-state index < -0.39 is 0 Å². The van der Waals surface area contributed by atoms with E-state index in [9.17, 15) is 0 Å². The average Bonchev–Trinajstić information content (AvgIpc) is 2.80. The maximum absolute atomic E-state index is 5.87. The normalized spacial score (nSPS) is 10.9. The van der Waals surface area contributed by atoms with Crippen LogP contribution in [-0.2, 0) is 20.2 Å². The standard InChI is InChI=1S/C15H21N3O/c1-12(2)17-10-13-6-4-5-7-14(13)19-11-15-16-8-9-18(15)3/h4-9,12,17H,10-11H2,1-3H3. The topological polar surface area (TPSA) is 39.1 Å². The molecule has 4 nitrogen and oxygen atoms in total. The summed E-state index contributed by atoms with van der Waals surface area (Å²) < 4.78 is 7.84. The van der Waals surface area contributed by atoms with Gasteiger partial charge in [0.15, 0.2) is 0 Å². The molecule has 0 atom stereocenters. The fourth-order valence-corrected chi connectivity index (χ4v) is 1.78. The largest absolute Gasteiger partial charge is 0.485 e. The van der Waals surface area contributed by atoms with E-state index in [1.807, 2.05) is 36.0 Å². The Bertz CT molecular complexity index is 520. The fourth-order valence-electron chi connectivity index (χ4n) is 1.78. The zero-order chi connectivity index (χ0) is 13.7. The third-order valence-corrected chi connectivity index (χ3v) is 2.95. The summed E-state index contributed by atoms with van der Waals surface area (Å²) in [6, 6.07) is 8.57. The van der Waals surface area contributed by atoms with Crippen LogP contribution in [0.5, 0.6) is 5.75 Å². The molecule has 0 aliphatic carbocycles. The molecule has 0 spiro atoms. The highest BCUT2D eigenvalue weighted by molar-refractivity contribution is 5.33. The molecule has 1 aromatic carbocycles. The van der Waals surface area contributed by atoms with Gasteiger partial charge in [0.2, 0.25) is 0 Å². The zero-order valence-electron chi connectivity index (χ0n) is 11.8. The van der Waals surface area contributed by atoms with Gasteiger partial charge in [0, 0.05) is 37.6 Å². The number of para-hydroxylation sites is 1. The number of nitrogens with zero attached hydrogens (tertiary/aromatic N) is 2. The molecule has 0 saturated heterocycles. The summed E-state index contributed by atoms with van der Waals surface area (Å²) in [5.74, 6) is 1.84. The number of rotatable bonds is 6. The van der Waals surface area contributed by atoms with Crippen molar-refractivity contribution in [3.8, 4) is 5.75 Å². The molecule has 2 aromatic rings. The molecule has 102 valence electrons. The third-order valence-electron chi connectivity index (χ3n) is 2.95. The molecule has 1 heterocycles. The predicted octanol–water partition coefficient (Wildman–Crippen LogP) is 2.50. The quantitative estimate of drug-likeness (QED) is 0.866. The van der Waals surface area contributed by atoms with Gasteiger partial charge >= 0.3 is 0 Å². The fraction of sp³-hybridized carbons (Fsp3) is 0.400. The van der Waals surface area contributed by atoms with E-state index in [0.29, 0.717) is 12.6 Å². The minimum atomic E-state index is 0.461. The number of aromatic nitrogens is 2. The minimum absolute atomic E-state index is 0.461. The zero-order valence-corrected chi connectivity index (χ0v) is 11.8. The van der Waals surface area contributed by atoms with Crippen LogP contribution >= 0.6 is 0 Å². The summed E-state index contributed by atoms with van der Waals surface area (Å²) in [7, 11) is 1.97. The Morgan fingerprint density at radius 3 is 2.79 bits per heavy atom. The van der Waals surface area contributed by atoms with Gasteiger partial charge in [-0.25, -0.2) is 4.98 Å². The van der Waals surface area contributed by atoms with Crippen LogP contribution in [0.4, 0.5) is 0 Å². The highest BCUT2D eigenvalue weighted by Gasteiger charge is 2.05. The lowest BCUT2D eigenvalue weighted by Gasteiger charge is -2.13. The van der Waals surface area contributed by atoms with Gasteiger partial charge in [-0.05, 0) is 6.07 Å². The molecule has 0 radical (unpaired) electrons. The summed E-state index contributed by atoms with van der Waals surface area (Å²) in [6.45, 7) is 5.57. The molecule has 1 N–H and O–H groups in total. The van der Waals surface area contributed by atoms with Crippen LogP contribution in [-0.4, -0.2) is 15.6 Å². The number of hydrogen-bond acceptors (Lipinski definition) is 3. The molecule has 1 aromatic heterocycles. The molecule has 0 bridgehead atoms. The van der Waals surface area contributed by atoms with Crippen LogP contribution in [0.1, 0.15) is 25.2 Å². The molecule has 0 aliphatic heterocycles. The van der Waals surface area contributed by atoms with Crippen LogP contribution in [0.25, 0.3) is 0 Å². The first kappa shape index (κ1) is 13.6. The van der Waals surface area contributed by atoms with Crippen LogP contribution in [0.2, 0.25) is 0 Å². The van der Waals surface area contributed by atoms with Crippen molar-refractivity contribution in [2.24, 2.45) is 7.05 Å². The lowest BCUT2D eigenvalue weighted by molar-refractivity contribution is 0.288. The molecule has 0 saturated carbocycles. The molecule has 0 amide bonds. The molecular weight excluding hydrogens is 238 g/mol. The first-order valence-corrected chi connectivity index (χ1v) is 6.57. The highest BCUT2D eigenvalue weighted by atomic mass is 16.5. The maximum atomic E-state index is 5.87. The highest BCUT2D eigenvalue weighted by Crippen LogP contribution is 2.19. The van der Waals surface area contributed by atoms with E-state index in [1.54, 1.807) is 6.20 Å². The Hall–Kier alpha value is -1.81. The lowest BCUT2D eigenvalue weighted by atomic mass is 10.2. The Morgan fingerprint density at radius 1 is 1.32 bits per heavy atom. The van der Waals surface area contributed by atoms with Crippen molar-refractivity contribution in [2.45, 2.75) is 33.0 Å². The second-order valence-electron chi connectivity index (χ2n) is 4.89. The first-order chi connectivity index (χ1) is 9.16. The molecule has 19 heavy (non-hydrogen) atoms. The SMILES string of the molecule is CC(C)NCc1ccccc1OCc1nccn1C. The van der Waals surface area contributed by atoms with E-state index in [-0.39, 0.29) is 0 Å². The number of benzene rings is 1. The number of aryl methyl sites for hydroxylation is 1. The molecule has 0 unspecified atom stereocenters. The van der Waals surface area contributed by atoms with Gasteiger partial charge in [-0.2, -0.15) is 0 Å². The second-order valence-corrected chi connectivity index (χ2v) is 4.89. The predicted molar refractivity (Wildman–Crippen MR) is 76.0 cm³/mol. The van der Waals surface area contributed by atoms with Gasteiger partial charge in [0.05, 0.1) is 0 Å². The van der Waals surface area contributed by atoms with Crippen molar-refractivity contribution >= 4 is 0 Å². The van der Waals surface area contributed by atoms with E-state index in [2.05, 4.69) is 30.2 Å². The van der Waals surface area contributed by atoms with Crippen molar-refractivity contribution < 1.29 is 4.74 Å². The smallest absolute Gasteiger partial charge is 0.146 e. The number of ether oxygens (including phenoxy) is 1. The summed E-state index contributed by atoms with van der Waals surface area (Å²) in [6.07, 6.45) is 3.70. The van der Waals surface area contributed by atoms with Crippen LogP contribution < -0.4 is 10.1 Å². The number of imidazole rings is 1. The monoisotopic (exact) mass is 259 g/mol. The van der Waals surface area contributed by atoms with Gasteiger partial charge in [-0.15, -0.1) is 0 Å². The van der Waals surface area contributed by atoms with Gasteiger partial charge in [-0.1, -0.05) is 32.0 Å². The third kappa shape index (κ3) is 3.83. The van der Waals surface area contributed by atoms with Crippen LogP contribution in [0.3, 0.4) is 0 Å². The van der Waals surface area contributed by atoms with Crippen LogP contribution in [0.15, 0.2) is 36.7 Å². The Kier molecular flexibility index (Phi) is 4.58. The van der Waals surface area contributed by atoms with Crippen molar-refractivity contribution in [1.82, 2.24) is 14.9 Å². The summed E-state index contributed by atoms with van der Waals surface area (Å²) >= 11 is 0. The molecule has 2 rings (SSSR count). The molecular formula is C15H21N3O. The molecule has 4 heteroatoms. The van der Waals surface area contributed by atoms with Gasteiger partial charge < -0.3 is 14.6 Å². The maximum Gasteiger partial charge on any atom is 0.146 e. The van der Waals surface area contributed by atoms with Crippen molar-refractivity contribution in [3.05, 3.63) is 48.0 Å². The van der Waals surface area contributed by atoms with E-state index in [4.69, 9.17) is 4.74 Å². The average molecular weight is 259 g/mol. The number of hydrogen-bond donors (Lipinski definition) is 1. The summed E-state index contributed by atoms with van der Waals surface area (Å²) in [5, 5.41) is 3.41. The molecule has 0 aliphatic rings. The van der Waals surface area contributed by atoms with Gasteiger partial charge in [0.1, 0.15) is 18.2 Å². The Morgan fingerprint density at radius 2 is 2.11 bits per heavy atom. The van der Waals surface area contributed by atoms with Gasteiger partial charge in [0.25, 0.3) is 0 Å². The minimum Gasteiger partial charge on any atom is -0.485 e. The van der Waals surface area contributed by atoms with Gasteiger partial charge in [-0.3, -0.25) is 0 Å². The van der Waals surface area contributed by atoms with Crippen molar-refractivity contribution in [2.75, 3.05) is 0 Å². The van der Waals surface area contributed by atoms with Crippen molar-refractivity contribution in [3.63, 3.8) is 0 Å². The van der Waals surface area contributed by atoms with E-state index in [1.165, 1.54) is 5.56 Å². The lowest BCUT2D eigenvalue weighted by Crippen LogP contribution is -2.22. The summed E-state index contributed by atoms with van der Waals surface area (Å²) in [4.78, 5) is 4.26. The van der Waals surface area contributed by atoms with E-state index in [0.717, 1.165) is 18.1 Å². The Labute approximate surface area is 114 Å². The second kappa shape index (κ2) is 6.38. The number of nitrogens with one attached hydrogen (secondary N) is 1. The molecule has 0 fully saturated rings. The summed E-state index contributed by atoms with van der Waals surface area (Å²) in [5.41, 5.74) is 1.17. The van der Waals surface area contributed by atoms with Crippen molar-refractivity contribution in [1.29, 1.82) is 0 Å². The van der Waals surface area contributed by atoms with E-state index >= 15 is 0 Å². The Balaban J connectivity index is 2.01. The first-order valence-electron chi connectivity index (χ1n) is 6.57. The van der Waals surface area contributed by atoms with Crippen LogP contribution in [0, 0.1) is 0 Å².